The van der Waals surface area contributed by atoms with Crippen molar-refractivity contribution in [1.82, 2.24) is 4.98 Å². The second kappa shape index (κ2) is 6.43. The average molecular weight is 278 g/mol. The van der Waals surface area contributed by atoms with Crippen LogP contribution in [0.3, 0.4) is 0 Å². The third-order valence-electron chi connectivity index (χ3n) is 2.81. The van der Waals surface area contributed by atoms with Gasteiger partial charge in [0.05, 0.1) is 0 Å². The largest absolute Gasteiger partial charge is 0.483 e. The minimum Gasteiger partial charge on any atom is -0.483 e. The average Bonchev–Trinajstić information content (AvgIpc) is 2.38. The Hall–Kier alpha value is -2.01. The van der Waals surface area contributed by atoms with Gasteiger partial charge in [0.15, 0.2) is 17.4 Å². The summed E-state index contributed by atoms with van der Waals surface area (Å²) in [6.07, 6.45) is 3.73. The smallest absolute Gasteiger partial charge is 0.191 e. The number of aryl methyl sites for hydroxylation is 1. The predicted molar refractivity (Wildman–Crippen MR) is 72.4 cm³/mol. The van der Waals surface area contributed by atoms with Crippen molar-refractivity contribution < 1.29 is 13.5 Å². The van der Waals surface area contributed by atoms with E-state index in [1.165, 1.54) is 12.1 Å². The summed E-state index contributed by atoms with van der Waals surface area (Å²) in [4.78, 5) is 4.00. The van der Waals surface area contributed by atoms with Crippen LogP contribution in [-0.4, -0.2) is 11.5 Å². The van der Waals surface area contributed by atoms with Gasteiger partial charge in [-0.05, 0) is 49.2 Å². The second-order valence-electron chi connectivity index (χ2n) is 4.59. The third-order valence-corrected chi connectivity index (χ3v) is 2.81. The van der Waals surface area contributed by atoms with Gasteiger partial charge in [0.25, 0.3) is 0 Å². The van der Waals surface area contributed by atoms with Crippen LogP contribution in [0.2, 0.25) is 0 Å². The van der Waals surface area contributed by atoms with Gasteiger partial charge in [-0.15, -0.1) is 0 Å². The van der Waals surface area contributed by atoms with Crippen molar-refractivity contribution in [2.24, 2.45) is 5.73 Å². The quantitative estimate of drug-likeness (QED) is 0.914. The molecule has 0 spiro atoms. The van der Waals surface area contributed by atoms with Gasteiger partial charge < -0.3 is 10.5 Å². The highest BCUT2D eigenvalue weighted by Gasteiger charge is 2.12. The molecule has 0 saturated heterocycles. The molecule has 1 aromatic heterocycles. The van der Waals surface area contributed by atoms with Crippen LogP contribution in [0.4, 0.5) is 8.78 Å². The first kappa shape index (κ1) is 14.4. The van der Waals surface area contributed by atoms with E-state index in [4.69, 9.17) is 10.5 Å². The Morgan fingerprint density at radius 3 is 2.40 bits per heavy atom. The number of pyridine rings is 1. The SMILES string of the molecule is Cc1cncc(COc2c(F)cc(CCN)cc2F)c1. The van der Waals surface area contributed by atoms with Crippen LogP contribution in [0.25, 0.3) is 0 Å². The van der Waals surface area contributed by atoms with E-state index in [1.54, 1.807) is 12.4 Å². The summed E-state index contributed by atoms with van der Waals surface area (Å²) in [5, 5.41) is 0. The molecule has 3 nitrogen and oxygen atoms in total. The molecule has 2 N–H and O–H groups in total. The van der Waals surface area contributed by atoms with E-state index in [1.807, 2.05) is 13.0 Å². The molecule has 20 heavy (non-hydrogen) atoms. The standard InChI is InChI=1S/C15H16F2N2O/c1-10-4-12(8-19-7-10)9-20-15-13(16)5-11(2-3-18)6-14(15)17/h4-8H,2-3,9,18H2,1H3. The van der Waals surface area contributed by atoms with Gasteiger partial charge in [-0.2, -0.15) is 0 Å². The summed E-state index contributed by atoms with van der Waals surface area (Å²) < 4.78 is 32.8. The minimum absolute atomic E-state index is 0.0682. The molecule has 0 amide bonds. The zero-order valence-corrected chi connectivity index (χ0v) is 11.2. The Kier molecular flexibility index (Phi) is 4.63. The fourth-order valence-electron chi connectivity index (χ4n) is 1.91. The number of aromatic nitrogens is 1. The van der Waals surface area contributed by atoms with Gasteiger partial charge in [0.1, 0.15) is 6.61 Å². The summed E-state index contributed by atoms with van der Waals surface area (Å²) in [6.45, 7) is 2.30. The van der Waals surface area contributed by atoms with Crippen LogP contribution < -0.4 is 10.5 Å². The number of ether oxygens (including phenoxy) is 1. The summed E-state index contributed by atoms with van der Waals surface area (Å²) in [7, 11) is 0. The van der Waals surface area contributed by atoms with Crippen molar-refractivity contribution in [2.45, 2.75) is 20.0 Å². The van der Waals surface area contributed by atoms with Crippen LogP contribution in [0.5, 0.6) is 5.75 Å². The van der Waals surface area contributed by atoms with E-state index in [-0.39, 0.29) is 12.4 Å². The summed E-state index contributed by atoms with van der Waals surface area (Å²) >= 11 is 0. The summed E-state index contributed by atoms with van der Waals surface area (Å²) in [5.74, 6) is -1.80. The highest BCUT2D eigenvalue weighted by atomic mass is 19.1. The number of benzene rings is 1. The van der Waals surface area contributed by atoms with Gasteiger partial charge in [0.2, 0.25) is 0 Å². The number of hydrogen-bond acceptors (Lipinski definition) is 3. The fourth-order valence-corrected chi connectivity index (χ4v) is 1.91. The molecular weight excluding hydrogens is 262 g/mol. The molecule has 2 rings (SSSR count). The zero-order chi connectivity index (χ0) is 14.5. The van der Waals surface area contributed by atoms with Crippen LogP contribution >= 0.6 is 0 Å². The Morgan fingerprint density at radius 1 is 1.10 bits per heavy atom. The monoisotopic (exact) mass is 278 g/mol. The number of hydrogen-bond donors (Lipinski definition) is 1. The van der Waals surface area contributed by atoms with Crippen LogP contribution in [-0.2, 0) is 13.0 Å². The Labute approximate surface area is 116 Å². The lowest BCUT2D eigenvalue weighted by Gasteiger charge is -2.10. The first-order valence-electron chi connectivity index (χ1n) is 6.31. The zero-order valence-electron chi connectivity index (χ0n) is 11.2. The number of nitrogens with two attached hydrogens (primary N) is 1. The van der Waals surface area contributed by atoms with Crippen molar-refractivity contribution in [3.05, 3.63) is 58.9 Å². The molecule has 2 aromatic rings. The van der Waals surface area contributed by atoms with Crippen molar-refractivity contribution in [3.63, 3.8) is 0 Å². The highest BCUT2D eigenvalue weighted by molar-refractivity contribution is 5.32. The van der Waals surface area contributed by atoms with E-state index >= 15 is 0 Å². The first-order chi connectivity index (χ1) is 9.60. The third kappa shape index (κ3) is 3.51. The maximum atomic E-state index is 13.8. The van der Waals surface area contributed by atoms with Crippen LogP contribution in [0, 0.1) is 18.6 Å². The molecule has 0 bridgehead atoms. The topological polar surface area (TPSA) is 48.1 Å². The van der Waals surface area contributed by atoms with E-state index in [0.717, 1.165) is 11.1 Å². The minimum atomic E-state index is -0.714. The van der Waals surface area contributed by atoms with Crippen molar-refractivity contribution in [1.29, 1.82) is 0 Å². The first-order valence-corrected chi connectivity index (χ1v) is 6.31. The molecule has 1 aromatic carbocycles. The Balaban J connectivity index is 2.13. The number of halogens is 2. The lowest BCUT2D eigenvalue weighted by atomic mass is 10.1. The maximum absolute atomic E-state index is 13.8. The van der Waals surface area contributed by atoms with E-state index in [2.05, 4.69) is 4.98 Å². The molecule has 106 valence electrons. The molecule has 0 aliphatic carbocycles. The molecule has 0 unspecified atom stereocenters. The molecule has 5 heteroatoms. The van der Waals surface area contributed by atoms with Crippen molar-refractivity contribution in [2.75, 3.05) is 6.54 Å². The molecule has 0 aliphatic rings. The van der Waals surface area contributed by atoms with Crippen LogP contribution in [0.1, 0.15) is 16.7 Å². The Bertz CT molecular complexity index is 579. The van der Waals surface area contributed by atoms with E-state index in [0.29, 0.717) is 18.5 Å². The second-order valence-corrected chi connectivity index (χ2v) is 4.59. The molecule has 0 fully saturated rings. The fraction of sp³-hybridized carbons (Fsp3) is 0.267. The number of nitrogens with zero attached hydrogens (tertiary/aromatic N) is 1. The van der Waals surface area contributed by atoms with Crippen molar-refractivity contribution in [3.8, 4) is 5.75 Å². The lowest BCUT2D eigenvalue weighted by Crippen LogP contribution is -2.05. The molecule has 0 atom stereocenters. The highest BCUT2D eigenvalue weighted by Crippen LogP contribution is 2.24. The molecule has 1 heterocycles. The normalized spacial score (nSPS) is 10.6. The summed E-state index contributed by atoms with van der Waals surface area (Å²) in [6, 6.07) is 4.35. The predicted octanol–water partition coefficient (Wildman–Crippen LogP) is 2.75. The van der Waals surface area contributed by atoms with Gasteiger partial charge >= 0.3 is 0 Å². The molecule has 0 aliphatic heterocycles. The number of rotatable bonds is 5. The Morgan fingerprint density at radius 2 is 1.80 bits per heavy atom. The molecular formula is C15H16F2N2O. The summed E-state index contributed by atoms with van der Waals surface area (Å²) in [5.41, 5.74) is 7.61. The van der Waals surface area contributed by atoms with E-state index in [9.17, 15) is 8.78 Å². The van der Waals surface area contributed by atoms with Crippen molar-refractivity contribution >= 4 is 0 Å². The maximum Gasteiger partial charge on any atom is 0.191 e. The van der Waals surface area contributed by atoms with Crippen LogP contribution in [0.15, 0.2) is 30.6 Å². The lowest BCUT2D eigenvalue weighted by molar-refractivity contribution is 0.273. The van der Waals surface area contributed by atoms with Gasteiger partial charge in [-0.25, -0.2) is 8.78 Å². The van der Waals surface area contributed by atoms with Gasteiger partial charge in [-0.3, -0.25) is 4.98 Å². The van der Waals surface area contributed by atoms with Gasteiger partial charge in [0, 0.05) is 18.0 Å². The molecule has 0 radical (unpaired) electrons. The van der Waals surface area contributed by atoms with E-state index < -0.39 is 11.6 Å². The molecule has 0 saturated carbocycles. The van der Waals surface area contributed by atoms with Gasteiger partial charge in [-0.1, -0.05) is 0 Å².